The molecule has 23 heavy (non-hydrogen) atoms. The summed E-state index contributed by atoms with van der Waals surface area (Å²) in [6.45, 7) is -1.56. The van der Waals surface area contributed by atoms with E-state index in [0.717, 1.165) is 30.3 Å². The minimum Gasteiger partial charge on any atom is -0.508 e. The Morgan fingerprint density at radius 1 is 1.00 bits per heavy atom. The Bertz CT molecular complexity index is 679. The van der Waals surface area contributed by atoms with Gasteiger partial charge in [0.2, 0.25) is 0 Å². The zero-order valence-corrected chi connectivity index (χ0v) is 11.2. The maximum atomic E-state index is 12.5. The quantitative estimate of drug-likeness (QED) is 0.844. The number of halogens is 6. The zero-order valence-electron chi connectivity index (χ0n) is 11.2. The molecule has 1 N–H and O–H groups in total. The van der Waals surface area contributed by atoms with Crippen LogP contribution in [0.4, 0.5) is 26.3 Å². The second kappa shape index (κ2) is 5.98. The Morgan fingerprint density at radius 2 is 1.70 bits per heavy atom. The van der Waals surface area contributed by atoms with Crippen LogP contribution < -0.4 is 4.74 Å². The van der Waals surface area contributed by atoms with Gasteiger partial charge in [0.1, 0.15) is 11.5 Å². The maximum absolute atomic E-state index is 12.5. The minimum absolute atomic E-state index is 0.0470. The molecule has 1 aromatic carbocycles. The molecule has 124 valence electrons. The molecule has 0 spiro atoms. The highest BCUT2D eigenvalue weighted by atomic mass is 19.4. The van der Waals surface area contributed by atoms with E-state index in [4.69, 9.17) is 0 Å². The number of benzene rings is 1. The predicted octanol–water partition coefficient (Wildman–Crippen LogP) is 4.41. The molecule has 0 bridgehead atoms. The fourth-order valence-electron chi connectivity index (χ4n) is 1.71. The van der Waals surface area contributed by atoms with Crippen LogP contribution in [0.2, 0.25) is 0 Å². The molecule has 0 unspecified atom stereocenters. The molecule has 1 aromatic heterocycles. The van der Waals surface area contributed by atoms with Crippen molar-refractivity contribution in [2.75, 3.05) is 6.61 Å². The van der Waals surface area contributed by atoms with E-state index in [2.05, 4.69) is 9.72 Å². The van der Waals surface area contributed by atoms with Crippen molar-refractivity contribution >= 4 is 0 Å². The molecule has 0 fully saturated rings. The van der Waals surface area contributed by atoms with Crippen LogP contribution in [-0.2, 0) is 6.18 Å². The van der Waals surface area contributed by atoms with Crippen molar-refractivity contribution in [3.8, 4) is 22.8 Å². The van der Waals surface area contributed by atoms with Crippen molar-refractivity contribution in [1.29, 1.82) is 0 Å². The van der Waals surface area contributed by atoms with E-state index < -0.39 is 30.3 Å². The summed E-state index contributed by atoms with van der Waals surface area (Å²) in [7, 11) is 0. The van der Waals surface area contributed by atoms with Gasteiger partial charge in [0.25, 0.3) is 0 Å². The van der Waals surface area contributed by atoms with Crippen molar-refractivity contribution in [3.63, 3.8) is 0 Å². The zero-order chi connectivity index (χ0) is 17.3. The van der Waals surface area contributed by atoms with Gasteiger partial charge in [-0.2, -0.15) is 26.3 Å². The number of pyridine rings is 1. The molecule has 3 nitrogen and oxygen atoms in total. The number of rotatable bonds is 3. The number of ether oxygens (including phenoxy) is 1. The number of hydrogen-bond donors (Lipinski definition) is 1. The Labute approximate surface area is 126 Å². The number of alkyl halides is 6. The van der Waals surface area contributed by atoms with E-state index in [1.54, 1.807) is 0 Å². The normalized spacial score (nSPS) is 12.3. The maximum Gasteiger partial charge on any atom is 0.422 e. The average Bonchev–Trinajstić information content (AvgIpc) is 2.43. The molecule has 1 heterocycles. The van der Waals surface area contributed by atoms with Gasteiger partial charge < -0.3 is 9.84 Å². The molecule has 2 rings (SSSR count). The van der Waals surface area contributed by atoms with E-state index in [9.17, 15) is 31.4 Å². The number of nitrogens with zero attached hydrogens (tertiary/aromatic N) is 1. The Kier molecular flexibility index (Phi) is 4.39. The minimum atomic E-state index is -4.56. The second-order valence-electron chi connectivity index (χ2n) is 4.55. The summed E-state index contributed by atoms with van der Waals surface area (Å²) in [5.74, 6) is -0.680. The fourth-order valence-corrected chi connectivity index (χ4v) is 1.71. The molecular weight excluding hydrogens is 328 g/mol. The fraction of sp³-hybridized carbons (Fsp3) is 0.214. The first kappa shape index (κ1) is 16.9. The number of aromatic nitrogens is 1. The first-order chi connectivity index (χ1) is 10.5. The first-order valence-corrected chi connectivity index (χ1v) is 6.12. The molecule has 0 aliphatic carbocycles. The lowest BCUT2D eigenvalue weighted by Gasteiger charge is -2.11. The van der Waals surface area contributed by atoms with Crippen LogP contribution in [0.15, 0.2) is 36.5 Å². The SMILES string of the molecule is Oc1cc(OCC(F)(F)F)cc(-c2ccc(C(F)(F)F)cn2)c1. The van der Waals surface area contributed by atoms with Crippen LogP contribution >= 0.6 is 0 Å². The summed E-state index contributed by atoms with van der Waals surface area (Å²) in [6.07, 6.45) is -8.51. The topological polar surface area (TPSA) is 42.4 Å². The summed E-state index contributed by atoms with van der Waals surface area (Å²) in [6, 6.07) is 5.07. The van der Waals surface area contributed by atoms with Crippen LogP contribution in [0.5, 0.6) is 11.5 Å². The molecule has 9 heteroatoms. The van der Waals surface area contributed by atoms with Crippen molar-refractivity contribution in [2.24, 2.45) is 0 Å². The Balaban J connectivity index is 2.27. The van der Waals surface area contributed by atoms with Gasteiger partial charge in [0.15, 0.2) is 6.61 Å². The summed E-state index contributed by atoms with van der Waals surface area (Å²) >= 11 is 0. The van der Waals surface area contributed by atoms with Gasteiger partial charge >= 0.3 is 12.4 Å². The lowest BCUT2D eigenvalue weighted by atomic mass is 10.1. The average molecular weight is 337 g/mol. The number of phenols is 1. The third-order valence-corrected chi connectivity index (χ3v) is 2.68. The van der Waals surface area contributed by atoms with Crippen molar-refractivity contribution in [3.05, 3.63) is 42.1 Å². The van der Waals surface area contributed by atoms with Crippen LogP contribution in [0.3, 0.4) is 0 Å². The lowest BCUT2D eigenvalue weighted by Crippen LogP contribution is -2.19. The number of aromatic hydroxyl groups is 1. The third-order valence-electron chi connectivity index (χ3n) is 2.68. The van der Waals surface area contributed by atoms with E-state index >= 15 is 0 Å². The van der Waals surface area contributed by atoms with E-state index in [1.165, 1.54) is 0 Å². The van der Waals surface area contributed by atoms with Crippen LogP contribution in [0, 0.1) is 0 Å². The van der Waals surface area contributed by atoms with Crippen LogP contribution in [-0.4, -0.2) is 22.9 Å². The molecule has 0 atom stereocenters. The summed E-state index contributed by atoms with van der Waals surface area (Å²) in [5.41, 5.74) is -0.795. The van der Waals surface area contributed by atoms with E-state index in [-0.39, 0.29) is 17.0 Å². The van der Waals surface area contributed by atoms with Gasteiger partial charge in [-0.1, -0.05) is 0 Å². The highest BCUT2D eigenvalue weighted by Crippen LogP contribution is 2.32. The first-order valence-electron chi connectivity index (χ1n) is 6.12. The van der Waals surface area contributed by atoms with Crippen molar-refractivity contribution in [1.82, 2.24) is 4.98 Å². The molecule has 0 radical (unpaired) electrons. The van der Waals surface area contributed by atoms with E-state index in [0.29, 0.717) is 6.20 Å². The summed E-state index contributed by atoms with van der Waals surface area (Å²) in [4.78, 5) is 3.60. The molecule has 0 saturated carbocycles. The van der Waals surface area contributed by atoms with Gasteiger partial charge in [-0.3, -0.25) is 4.98 Å². The third kappa shape index (κ3) is 4.76. The lowest BCUT2D eigenvalue weighted by molar-refractivity contribution is -0.153. The Hall–Kier alpha value is -2.45. The summed E-state index contributed by atoms with van der Waals surface area (Å²) < 4.78 is 78.2. The molecular formula is C14H9F6NO2. The van der Waals surface area contributed by atoms with Crippen molar-refractivity contribution < 1.29 is 36.2 Å². The summed E-state index contributed by atoms with van der Waals surface area (Å²) in [5, 5.41) is 9.50. The molecule has 0 saturated heterocycles. The molecule has 2 aromatic rings. The van der Waals surface area contributed by atoms with Gasteiger partial charge in [-0.25, -0.2) is 0 Å². The number of phenolic OH excluding ortho intramolecular Hbond substituents is 1. The highest BCUT2D eigenvalue weighted by molar-refractivity contribution is 5.63. The molecule has 0 amide bonds. The Morgan fingerprint density at radius 3 is 2.22 bits per heavy atom. The van der Waals surface area contributed by atoms with Gasteiger partial charge in [0.05, 0.1) is 11.3 Å². The standard InChI is InChI=1S/C14H9F6NO2/c15-13(16,17)7-23-11-4-8(3-10(22)5-11)12-2-1-9(6-21-12)14(18,19)20/h1-6,22H,7H2. The molecule has 0 aliphatic heterocycles. The van der Waals surface area contributed by atoms with Gasteiger partial charge in [-0.05, 0) is 24.3 Å². The monoisotopic (exact) mass is 337 g/mol. The molecule has 0 aliphatic rings. The van der Waals surface area contributed by atoms with Crippen molar-refractivity contribution in [2.45, 2.75) is 12.4 Å². The predicted molar refractivity (Wildman–Crippen MR) is 67.9 cm³/mol. The van der Waals surface area contributed by atoms with Gasteiger partial charge in [0, 0.05) is 17.8 Å². The second-order valence-corrected chi connectivity index (χ2v) is 4.55. The van der Waals surface area contributed by atoms with Crippen LogP contribution in [0.25, 0.3) is 11.3 Å². The smallest absolute Gasteiger partial charge is 0.422 e. The largest absolute Gasteiger partial charge is 0.508 e. The van der Waals surface area contributed by atoms with Crippen LogP contribution in [0.1, 0.15) is 5.56 Å². The van der Waals surface area contributed by atoms with E-state index in [1.807, 2.05) is 0 Å². The van der Waals surface area contributed by atoms with Gasteiger partial charge in [-0.15, -0.1) is 0 Å². The highest BCUT2D eigenvalue weighted by Gasteiger charge is 2.31. The number of hydrogen-bond acceptors (Lipinski definition) is 3.